The molecule has 1 aliphatic rings. The standard InChI is InChI=1S/C22H25FN4O2S/c1-26(30(28,29)27-13-11-17-6-2-3-7-19(17)16-27)12-5-10-21-15-22(25-24-21)18-8-4-9-20(23)14-18/h2-4,6-9,14-15H,5,10-13,16H2,1H3,(H,24,25). The average molecular weight is 429 g/mol. The molecule has 0 saturated carbocycles. The minimum absolute atomic E-state index is 0.302. The van der Waals surface area contributed by atoms with E-state index in [1.54, 1.807) is 23.5 Å². The molecule has 0 radical (unpaired) electrons. The van der Waals surface area contributed by atoms with E-state index in [4.69, 9.17) is 0 Å². The van der Waals surface area contributed by atoms with E-state index in [9.17, 15) is 12.8 Å². The van der Waals surface area contributed by atoms with Crippen molar-refractivity contribution in [3.8, 4) is 11.3 Å². The number of nitrogens with one attached hydrogen (secondary N) is 1. The molecule has 6 nitrogen and oxygen atoms in total. The first kappa shape index (κ1) is 20.7. The third kappa shape index (κ3) is 4.45. The molecule has 3 aromatic rings. The summed E-state index contributed by atoms with van der Waals surface area (Å²) >= 11 is 0. The van der Waals surface area contributed by atoms with E-state index in [0.29, 0.717) is 43.7 Å². The van der Waals surface area contributed by atoms with Crippen LogP contribution in [0.15, 0.2) is 54.6 Å². The molecule has 4 rings (SSSR count). The molecule has 0 aliphatic carbocycles. The molecule has 0 spiro atoms. The predicted octanol–water partition coefficient (Wildman–Crippen LogP) is 3.38. The number of aryl methyl sites for hydroxylation is 1. The summed E-state index contributed by atoms with van der Waals surface area (Å²) in [5.74, 6) is -0.302. The van der Waals surface area contributed by atoms with Crippen molar-refractivity contribution in [2.24, 2.45) is 0 Å². The maximum absolute atomic E-state index is 13.4. The fourth-order valence-corrected chi connectivity index (χ4v) is 5.14. The summed E-state index contributed by atoms with van der Waals surface area (Å²) in [4.78, 5) is 0. The van der Waals surface area contributed by atoms with Gasteiger partial charge in [-0.3, -0.25) is 5.10 Å². The van der Waals surface area contributed by atoms with Gasteiger partial charge in [0.15, 0.2) is 0 Å². The van der Waals surface area contributed by atoms with Crippen molar-refractivity contribution in [2.75, 3.05) is 20.1 Å². The number of hydrogen-bond donors (Lipinski definition) is 1. The average Bonchev–Trinajstić information content (AvgIpc) is 3.22. The molecular formula is C22H25FN4O2S. The zero-order valence-corrected chi connectivity index (χ0v) is 17.7. The van der Waals surface area contributed by atoms with E-state index in [2.05, 4.69) is 16.3 Å². The fourth-order valence-electron chi connectivity index (χ4n) is 3.76. The molecule has 0 saturated heterocycles. The first-order chi connectivity index (χ1) is 14.4. The molecule has 30 heavy (non-hydrogen) atoms. The van der Waals surface area contributed by atoms with Gasteiger partial charge in [-0.25, -0.2) is 4.39 Å². The molecule has 1 aromatic heterocycles. The van der Waals surface area contributed by atoms with Gasteiger partial charge < -0.3 is 0 Å². The van der Waals surface area contributed by atoms with Crippen LogP contribution in [0.5, 0.6) is 0 Å². The number of rotatable bonds is 7. The molecule has 158 valence electrons. The third-order valence-electron chi connectivity index (χ3n) is 5.49. The van der Waals surface area contributed by atoms with Gasteiger partial charge in [-0.05, 0) is 48.6 Å². The van der Waals surface area contributed by atoms with E-state index in [0.717, 1.165) is 17.7 Å². The molecule has 0 fully saturated rings. The molecule has 1 aliphatic heterocycles. The molecule has 2 heterocycles. The number of benzene rings is 2. The molecule has 1 N–H and O–H groups in total. The van der Waals surface area contributed by atoms with Crippen molar-refractivity contribution >= 4 is 10.2 Å². The van der Waals surface area contributed by atoms with Crippen LogP contribution in [-0.4, -0.2) is 47.4 Å². The minimum atomic E-state index is -3.50. The lowest BCUT2D eigenvalue weighted by molar-refractivity contribution is 0.342. The Labute approximate surface area is 176 Å². The van der Waals surface area contributed by atoms with Gasteiger partial charge in [0.05, 0.1) is 5.69 Å². The highest BCUT2D eigenvalue weighted by molar-refractivity contribution is 7.86. The van der Waals surface area contributed by atoms with E-state index < -0.39 is 10.2 Å². The van der Waals surface area contributed by atoms with Crippen LogP contribution in [0.2, 0.25) is 0 Å². The van der Waals surface area contributed by atoms with E-state index in [1.165, 1.54) is 22.0 Å². The van der Waals surface area contributed by atoms with Gasteiger partial charge in [-0.1, -0.05) is 36.4 Å². The topological polar surface area (TPSA) is 69.3 Å². The zero-order chi connectivity index (χ0) is 21.1. The highest BCUT2D eigenvalue weighted by atomic mass is 32.2. The molecule has 0 bridgehead atoms. The first-order valence-corrected chi connectivity index (χ1v) is 11.4. The van der Waals surface area contributed by atoms with E-state index in [1.807, 2.05) is 24.3 Å². The van der Waals surface area contributed by atoms with Crippen LogP contribution >= 0.6 is 0 Å². The first-order valence-electron chi connectivity index (χ1n) is 10.0. The van der Waals surface area contributed by atoms with Crippen LogP contribution < -0.4 is 0 Å². The summed E-state index contributed by atoms with van der Waals surface area (Å²) < 4.78 is 42.3. The maximum atomic E-state index is 13.4. The lowest BCUT2D eigenvalue weighted by Gasteiger charge is -2.31. The van der Waals surface area contributed by atoms with Crippen LogP contribution in [0.1, 0.15) is 23.2 Å². The third-order valence-corrected chi connectivity index (χ3v) is 7.42. The van der Waals surface area contributed by atoms with E-state index in [-0.39, 0.29) is 5.82 Å². The Bertz CT molecular complexity index is 1130. The minimum Gasteiger partial charge on any atom is -0.282 e. The number of aromatic amines is 1. The van der Waals surface area contributed by atoms with Crippen LogP contribution in [0.3, 0.4) is 0 Å². The predicted molar refractivity (Wildman–Crippen MR) is 114 cm³/mol. The molecule has 2 aromatic carbocycles. The highest BCUT2D eigenvalue weighted by Crippen LogP contribution is 2.23. The van der Waals surface area contributed by atoms with Gasteiger partial charge in [0, 0.05) is 37.9 Å². The maximum Gasteiger partial charge on any atom is 0.282 e. The van der Waals surface area contributed by atoms with Gasteiger partial charge >= 0.3 is 0 Å². The highest BCUT2D eigenvalue weighted by Gasteiger charge is 2.29. The lowest BCUT2D eigenvalue weighted by Crippen LogP contribution is -2.44. The lowest BCUT2D eigenvalue weighted by atomic mass is 10.0. The van der Waals surface area contributed by atoms with Crippen molar-refractivity contribution in [3.05, 3.63) is 77.2 Å². The zero-order valence-electron chi connectivity index (χ0n) is 16.9. The van der Waals surface area contributed by atoms with Crippen LogP contribution in [0, 0.1) is 5.82 Å². The smallest absolute Gasteiger partial charge is 0.282 e. The van der Waals surface area contributed by atoms with Gasteiger partial charge in [-0.2, -0.15) is 22.1 Å². The largest absolute Gasteiger partial charge is 0.282 e. The van der Waals surface area contributed by atoms with Crippen molar-refractivity contribution < 1.29 is 12.8 Å². The molecule has 0 amide bonds. The van der Waals surface area contributed by atoms with Crippen LogP contribution in [0.4, 0.5) is 4.39 Å². The monoisotopic (exact) mass is 428 g/mol. The van der Waals surface area contributed by atoms with Gasteiger partial charge in [0.2, 0.25) is 0 Å². The summed E-state index contributed by atoms with van der Waals surface area (Å²) in [5, 5.41) is 7.20. The summed E-state index contributed by atoms with van der Waals surface area (Å²) in [5.41, 5.74) is 4.58. The van der Waals surface area contributed by atoms with Crippen LogP contribution in [0.25, 0.3) is 11.3 Å². The van der Waals surface area contributed by atoms with Crippen molar-refractivity contribution in [1.82, 2.24) is 18.8 Å². The van der Waals surface area contributed by atoms with Gasteiger partial charge in [-0.15, -0.1) is 0 Å². The Kier molecular flexibility index (Phi) is 5.99. The number of H-pyrrole nitrogens is 1. The number of nitrogens with zero attached hydrogens (tertiary/aromatic N) is 3. The van der Waals surface area contributed by atoms with Crippen molar-refractivity contribution in [2.45, 2.75) is 25.8 Å². The second kappa shape index (κ2) is 8.67. The quantitative estimate of drug-likeness (QED) is 0.627. The van der Waals surface area contributed by atoms with E-state index >= 15 is 0 Å². The SMILES string of the molecule is CN(CCCc1cc(-c2cccc(F)c2)n[nH]1)S(=O)(=O)N1CCc2ccccc2C1. The number of aromatic nitrogens is 2. The molecule has 0 unspecified atom stereocenters. The number of hydrogen-bond acceptors (Lipinski definition) is 3. The summed E-state index contributed by atoms with van der Waals surface area (Å²) in [6, 6.07) is 16.2. The Balaban J connectivity index is 1.33. The number of fused-ring (bicyclic) bond motifs is 1. The van der Waals surface area contributed by atoms with Crippen molar-refractivity contribution in [1.29, 1.82) is 0 Å². The summed E-state index contributed by atoms with van der Waals surface area (Å²) in [6.45, 7) is 1.33. The summed E-state index contributed by atoms with van der Waals surface area (Å²) in [7, 11) is -1.88. The fraction of sp³-hybridized carbons (Fsp3) is 0.318. The normalized spacial score (nSPS) is 14.8. The summed E-state index contributed by atoms with van der Waals surface area (Å²) in [6.07, 6.45) is 2.05. The Morgan fingerprint density at radius 3 is 2.73 bits per heavy atom. The second-order valence-corrected chi connectivity index (χ2v) is 9.61. The molecule has 8 heteroatoms. The van der Waals surface area contributed by atoms with Gasteiger partial charge in [0.25, 0.3) is 10.2 Å². The number of halogens is 1. The molecule has 0 atom stereocenters. The second-order valence-electron chi connectivity index (χ2n) is 7.57. The molecular weight excluding hydrogens is 403 g/mol. The van der Waals surface area contributed by atoms with Gasteiger partial charge in [0.1, 0.15) is 5.82 Å². The Hall–Kier alpha value is -2.55. The van der Waals surface area contributed by atoms with Crippen molar-refractivity contribution in [3.63, 3.8) is 0 Å². The van der Waals surface area contributed by atoms with Crippen LogP contribution in [-0.2, 0) is 29.6 Å². The Morgan fingerprint density at radius 1 is 1.13 bits per heavy atom. The Morgan fingerprint density at radius 2 is 1.93 bits per heavy atom.